The zero-order valence-corrected chi connectivity index (χ0v) is 11.7. The molecule has 0 aliphatic heterocycles. The smallest absolute Gasteiger partial charge is 0.280 e. The van der Waals surface area contributed by atoms with Gasteiger partial charge in [-0.1, -0.05) is 0 Å². The van der Waals surface area contributed by atoms with E-state index >= 15 is 0 Å². The van der Waals surface area contributed by atoms with E-state index in [-0.39, 0.29) is 10.6 Å². The number of hydrogen-bond acceptors (Lipinski definition) is 3. The van der Waals surface area contributed by atoms with E-state index in [1.165, 1.54) is 24.3 Å². The Hall–Kier alpha value is -2.53. The molecule has 0 spiro atoms. The zero-order chi connectivity index (χ0) is 16.4. The van der Waals surface area contributed by atoms with Crippen LogP contribution in [0.3, 0.4) is 0 Å². The van der Waals surface area contributed by atoms with Gasteiger partial charge in [-0.15, -0.1) is 0 Å². The fraction of sp³-hybridized carbons (Fsp3) is 0.0714. The Morgan fingerprint density at radius 2 is 1.50 bits per heavy atom. The van der Waals surface area contributed by atoms with Gasteiger partial charge in [0.15, 0.2) is 0 Å². The van der Waals surface area contributed by atoms with Crippen molar-refractivity contribution in [1.29, 1.82) is 5.26 Å². The molecule has 8 heteroatoms. The van der Waals surface area contributed by atoms with E-state index < -0.39 is 21.8 Å². The summed E-state index contributed by atoms with van der Waals surface area (Å²) >= 11 is 0. The summed E-state index contributed by atoms with van der Waals surface area (Å²) in [7, 11) is -4.00. The van der Waals surface area contributed by atoms with Crippen LogP contribution < -0.4 is 4.72 Å². The predicted molar refractivity (Wildman–Crippen MR) is 73.4 cm³/mol. The lowest BCUT2D eigenvalue weighted by molar-refractivity contribution is -0.137. The van der Waals surface area contributed by atoms with E-state index in [2.05, 4.69) is 4.72 Å². The van der Waals surface area contributed by atoms with Crippen LogP contribution in [0.25, 0.3) is 0 Å². The molecular formula is C14H9F3N2O2S. The van der Waals surface area contributed by atoms with Crippen LogP contribution in [0.15, 0.2) is 53.4 Å². The maximum Gasteiger partial charge on any atom is 0.416 e. The molecule has 4 nitrogen and oxygen atoms in total. The van der Waals surface area contributed by atoms with Gasteiger partial charge in [0.1, 0.15) is 0 Å². The first kappa shape index (κ1) is 15.9. The van der Waals surface area contributed by atoms with Crippen molar-refractivity contribution >= 4 is 15.7 Å². The highest BCUT2D eigenvalue weighted by atomic mass is 32.2. The Bertz CT molecular complexity index is 805. The minimum atomic E-state index is -4.52. The molecule has 0 saturated carbocycles. The molecule has 1 N–H and O–H groups in total. The Morgan fingerprint density at radius 3 is 1.95 bits per heavy atom. The number of hydrogen-bond donors (Lipinski definition) is 1. The molecule has 0 atom stereocenters. The van der Waals surface area contributed by atoms with Gasteiger partial charge in [-0.25, -0.2) is 8.42 Å². The molecule has 0 amide bonds. The second-order valence-electron chi connectivity index (χ2n) is 4.32. The molecule has 0 heterocycles. The molecule has 0 aliphatic carbocycles. The van der Waals surface area contributed by atoms with Gasteiger partial charge >= 0.3 is 6.18 Å². The summed E-state index contributed by atoms with van der Waals surface area (Å²) in [6.07, 6.45) is -4.52. The molecule has 22 heavy (non-hydrogen) atoms. The van der Waals surface area contributed by atoms with Gasteiger partial charge in [0.25, 0.3) is 10.0 Å². The number of benzene rings is 2. The highest BCUT2D eigenvalue weighted by molar-refractivity contribution is 7.92. The molecule has 0 fully saturated rings. The number of nitrogens with zero attached hydrogens (tertiary/aromatic N) is 1. The van der Waals surface area contributed by atoms with Crippen molar-refractivity contribution in [2.24, 2.45) is 0 Å². The third-order valence-corrected chi connectivity index (χ3v) is 4.16. The molecule has 2 aromatic rings. The number of alkyl halides is 3. The van der Waals surface area contributed by atoms with E-state index in [1.54, 1.807) is 0 Å². The first-order valence-electron chi connectivity index (χ1n) is 5.92. The molecule has 0 saturated heterocycles. The zero-order valence-electron chi connectivity index (χ0n) is 10.9. The number of halogens is 3. The Labute approximate surface area is 124 Å². The molecule has 114 valence electrons. The monoisotopic (exact) mass is 326 g/mol. The minimum absolute atomic E-state index is 0.207. The van der Waals surface area contributed by atoms with Crippen LogP contribution >= 0.6 is 0 Å². The first-order chi connectivity index (χ1) is 10.2. The first-order valence-corrected chi connectivity index (χ1v) is 7.41. The summed E-state index contributed by atoms with van der Waals surface area (Å²) in [5.74, 6) is 0. The summed E-state index contributed by atoms with van der Waals surface area (Å²) in [6.45, 7) is 0. The number of sulfonamides is 1. The molecule has 0 radical (unpaired) electrons. The average Bonchev–Trinajstić information content (AvgIpc) is 2.47. The number of nitrogens with one attached hydrogen (secondary N) is 1. The van der Waals surface area contributed by atoms with E-state index in [4.69, 9.17) is 5.26 Å². The molecule has 0 bridgehead atoms. The van der Waals surface area contributed by atoms with Crippen LogP contribution in [-0.4, -0.2) is 8.42 Å². The van der Waals surface area contributed by atoms with Crippen LogP contribution in [0.4, 0.5) is 18.9 Å². The van der Waals surface area contributed by atoms with Gasteiger partial charge in [0.2, 0.25) is 0 Å². The third kappa shape index (κ3) is 3.56. The Balaban J connectivity index is 2.24. The van der Waals surface area contributed by atoms with Crippen molar-refractivity contribution in [2.45, 2.75) is 11.1 Å². The van der Waals surface area contributed by atoms with Crippen molar-refractivity contribution in [3.05, 3.63) is 59.7 Å². The highest BCUT2D eigenvalue weighted by Crippen LogP contribution is 2.30. The summed E-state index contributed by atoms with van der Waals surface area (Å²) in [6, 6.07) is 10.7. The fourth-order valence-corrected chi connectivity index (χ4v) is 2.71. The number of anilines is 1. The molecule has 0 unspecified atom stereocenters. The molecular weight excluding hydrogens is 317 g/mol. The minimum Gasteiger partial charge on any atom is -0.280 e. The van der Waals surface area contributed by atoms with Crippen LogP contribution in [0.1, 0.15) is 11.1 Å². The standard InChI is InChI=1S/C14H9F3N2O2S/c15-14(16,17)11-3-7-13(8-4-11)22(20,21)19-12-5-1-10(9-18)2-6-12/h1-8,19H. The van der Waals surface area contributed by atoms with Gasteiger partial charge in [-0.2, -0.15) is 18.4 Å². The van der Waals surface area contributed by atoms with E-state index in [0.717, 1.165) is 12.1 Å². The normalized spacial score (nSPS) is 11.7. The topological polar surface area (TPSA) is 70.0 Å². The average molecular weight is 326 g/mol. The maximum atomic E-state index is 12.4. The number of nitriles is 1. The van der Waals surface area contributed by atoms with Crippen molar-refractivity contribution in [1.82, 2.24) is 0 Å². The van der Waals surface area contributed by atoms with Gasteiger partial charge < -0.3 is 0 Å². The highest BCUT2D eigenvalue weighted by Gasteiger charge is 2.30. The van der Waals surface area contributed by atoms with E-state index in [9.17, 15) is 21.6 Å². The van der Waals surface area contributed by atoms with Crippen LogP contribution in [0, 0.1) is 11.3 Å². The van der Waals surface area contributed by atoms with Crippen molar-refractivity contribution < 1.29 is 21.6 Å². The lowest BCUT2D eigenvalue weighted by atomic mass is 10.2. The molecule has 0 aliphatic rings. The quantitative estimate of drug-likeness (QED) is 0.940. The van der Waals surface area contributed by atoms with Gasteiger partial charge in [-0.3, -0.25) is 4.72 Å². The second-order valence-corrected chi connectivity index (χ2v) is 6.00. The Kier molecular flexibility index (Phi) is 4.10. The van der Waals surface area contributed by atoms with Crippen molar-refractivity contribution in [3.8, 4) is 6.07 Å². The largest absolute Gasteiger partial charge is 0.416 e. The van der Waals surface area contributed by atoms with Gasteiger partial charge in [0, 0.05) is 5.69 Å². The summed E-state index contributed by atoms with van der Waals surface area (Å²) in [5, 5.41) is 8.65. The lowest BCUT2D eigenvalue weighted by Gasteiger charge is -2.10. The predicted octanol–water partition coefficient (Wildman–Crippen LogP) is 3.38. The van der Waals surface area contributed by atoms with Gasteiger partial charge in [-0.05, 0) is 48.5 Å². The fourth-order valence-electron chi connectivity index (χ4n) is 1.65. The van der Waals surface area contributed by atoms with Crippen molar-refractivity contribution in [3.63, 3.8) is 0 Å². The van der Waals surface area contributed by atoms with E-state index in [1.807, 2.05) is 6.07 Å². The SMILES string of the molecule is N#Cc1ccc(NS(=O)(=O)c2ccc(C(F)(F)F)cc2)cc1. The lowest BCUT2D eigenvalue weighted by Crippen LogP contribution is -2.13. The Morgan fingerprint density at radius 1 is 0.955 bits per heavy atom. The summed E-state index contributed by atoms with van der Waals surface area (Å²) in [5.41, 5.74) is -0.360. The summed E-state index contributed by atoms with van der Waals surface area (Å²) in [4.78, 5) is -0.287. The van der Waals surface area contributed by atoms with E-state index in [0.29, 0.717) is 17.7 Å². The van der Waals surface area contributed by atoms with Crippen LogP contribution in [0.2, 0.25) is 0 Å². The molecule has 2 aromatic carbocycles. The van der Waals surface area contributed by atoms with Crippen molar-refractivity contribution in [2.75, 3.05) is 4.72 Å². The van der Waals surface area contributed by atoms with Crippen LogP contribution in [-0.2, 0) is 16.2 Å². The third-order valence-electron chi connectivity index (χ3n) is 2.76. The van der Waals surface area contributed by atoms with Crippen LogP contribution in [0.5, 0.6) is 0 Å². The second kappa shape index (κ2) is 5.69. The molecule has 0 aromatic heterocycles. The summed E-state index contributed by atoms with van der Waals surface area (Å²) < 4.78 is 63.7. The molecule has 2 rings (SSSR count). The van der Waals surface area contributed by atoms with Gasteiger partial charge in [0.05, 0.1) is 22.1 Å². The number of rotatable bonds is 3. The maximum absolute atomic E-state index is 12.4.